The molecule has 2 bridgehead atoms. The average Bonchev–Trinajstić information content (AvgIpc) is 3.36. The first-order chi connectivity index (χ1) is 15.5. The van der Waals surface area contributed by atoms with Gasteiger partial charge in [-0.05, 0) is 66.5 Å². The van der Waals surface area contributed by atoms with Crippen molar-refractivity contribution < 1.29 is 17.9 Å². The molecule has 1 amide bonds. The van der Waals surface area contributed by atoms with Crippen LogP contribution in [0.25, 0.3) is 11.0 Å². The van der Waals surface area contributed by atoms with E-state index in [1.165, 1.54) is 12.1 Å². The molecule has 2 aromatic rings. The van der Waals surface area contributed by atoms with E-state index in [1.54, 1.807) is 13.0 Å². The maximum absolute atomic E-state index is 12.8. The van der Waals surface area contributed by atoms with Crippen LogP contribution in [0.2, 0.25) is 0 Å². The van der Waals surface area contributed by atoms with Gasteiger partial charge in [-0.15, -0.1) is 0 Å². The summed E-state index contributed by atoms with van der Waals surface area (Å²) in [5, 5.41) is 3.26. The number of hydrogen-bond donors (Lipinski definition) is 4. The average molecular weight is 477 g/mol. The second-order valence-electron chi connectivity index (χ2n) is 10.6. The van der Waals surface area contributed by atoms with Gasteiger partial charge in [-0.2, -0.15) is 0 Å². The maximum Gasteiger partial charge on any atom is 0.323 e. The Morgan fingerprint density at radius 1 is 1.24 bits per heavy atom. The fourth-order valence-electron chi connectivity index (χ4n) is 7.00. The topological polar surface area (TPSA) is 133 Å². The maximum atomic E-state index is 12.8. The van der Waals surface area contributed by atoms with Gasteiger partial charge < -0.3 is 20.0 Å². The first kappa shape index (κ1) is 22.6. The van der Waals surface area contributed by atoms with Gasteiger partial charge in [-0.3, -0.25) is 4.79 Å². The molecule has 5 atom stereocenters. The number of carbonyl (C=O) groups is 1. The van der Waals surface area contributed by atoms with E-state index in [-0.39, 0.29) is 46.0 Å². The fraction of sp³-hybridized carbons (Fsp3) is 0.652. The van der Waals surface area contributed by atoms with Crippen molar-refractivity contribution in [2.45, 2.75) is 63.5 Å². The lowest BCUT2D eigenvalue weighted by atomic mass is 9.59. The molecule has 1 saturated heterocycles. The molecule has 1 spiro atoms. The van der Waals surface area contributed by atoms with Gasteiger partial charge in [0.2, 0.25) is 15.9 Å². The number of amides is 1. The number of carbonyl (C=O) groups excluding carboxylic acids is 1. The second kappa shape index (κ2) is 7.68. The number of hydrogen-bond acceptors (Lipinski definition) is 5. The minimum atomic E-state index is -3.72. The van der Waals surface area contributed by atoms with Crippen LogP contribution in [0.5, 0.6) is 0 Å². The number of aromatic nitrogens is 2. The number of ether oxygens (including phenoxy) is 1. The Hall–Kier alpha value is -2.17. The Labute approximate surface area is 193 Å². The number of H-pyrrole nitrogens is 2. The first-order valence-corrected chi connectivity index (χ1v) is 13.1. The lowest BCUT2D eigenvalue weighted by Crippen LogP contribution is -2.60. The van der Waals surface area contributed by atoms with E-state index in [4.69, 9.17) is 4.74 Å². The molecule has 2 aliphatic carbocycles. The number of fused-ring (bicyclic) bond motifs is 2. The first-order valence-electron chi connectivity index (χ1n) is 11.6. The highest BCUT2D eigenvalue weighted by molar-refractivity contribution is 7.89. The Morgan fingerprint density at radius 2 is 2.00 bits per heavy atom. The molecule has 9 nitrogen and oxygen atoms in total. The van der Waals surface area contributed by atoms with Crippen LogP contribution in [0.4, 0.5) is 0 Å². The van der Waals surface area contributed by atoms with Crippen LogP contribution >= 0.6 is 0 Å². The molecule has 1 aliphatic heterocycles. The highest BCUT2D eigenvalue weighted by Gasteiger charge is 2.68. The number of rotatable bonds is 6. The summed E-state index contributed by atoms with van der Waals surface area (Å²) in [6.07, 6.45) is 3.62. The van der Waals surface area contributed by atoms with Crippen molar-refractivity contribution >= 4 is 27.0 Å². The molecule has 33 heavy (non-hydrogen) atoms. The van der Waals surface area contributed by atoms with E-state index in [2.05, 4.69) is 33.9 Å². The molecule has 5 rings (SSSR count). The molecular formula is C23H32N4O5S. The van der Waals surface area contributed by atoms with E-state index in [9.17, 15) is 18.0 Å². The number of imidazole rings is 1. The molecular weight excluding hydrogens is 444 g/mol. The summed E-state index contributed by atoms with van der Waals surface area (Å²) in [6, 6.07) is 4.63. The van der Waals surface area contributed by atoms with Crippen molar-refractivity contribution in [3.8, 4) is 0 Å². The normalized spacial score (nSPS) is 32.7. The zero-order chi connectivity index (χ0) is 23.6. The number of nitrogens with one attached hydrogen (secondary N) is 4. The van der Waals surface area contributed by atoms with Gasteiger partial charge in [0.05, 0.1) is 22.0 Å². The van der Waals surface area contributed by atoms with Gasteiger partial charge in [-0.1, -0.05) is 13.8 Å². The molecule has 1 unspecified atom stereocenters. The van der Waals surface area contributed by atoms with E-state index >= 15 is 0 Å². The lowest BCUT2D eigenvalue weighted by Gasteiger charge is -2.53. The summed E-state index contributed by atoms with van der Waals surface area (Å²) in [7, 11) is -3.72. The van der Waals surface area contributed by atoms with Gasteiger partial charge in [0.1, 0.15) is 0 Å². The summed E-state index contributed by atoms with van der Waals surface area (Å²) in [5.41, 5.74) is 0.709. The lowest BCUT2D eigenvalue weighted by molar-refractivity contribution is -0.135. The van der Waals surface area contributed by atoms with Gasteiger partial charge >= 0.3 is 5.69 Å². The highest BCUT2D eigenvalue weighted by Crippen LogP contribution is 2.68. The van der Waals surface area contributed by atoms with Gasteiger partial charge in [-0.25, -0.2) is 17.9 Å². The standard InChI is InChI=1S/C23H32N4O5S/c1-13(28)25-20-22(2,3)14-10-16-19(32-9-7-23(16,20)12-14)6-8-24-33(30,31)15-4-5-17-18(11-15)27-21(29)26-17/h4-5,11,14,16,19-20,24H,6-10,12H2,1-3H3,(H,25,28)(H2,26,27,29)/t14-,16-,19-,20+,23?/m1/s1. The molecule has 0 radical (unpaired) electrons. The predicted octanol–water partition coefficient (Wildman–Crippen LogP) is 1.87. The molecule has 2 heterocycles. The summed E-state index contributed by atoms with van der Waals surface area (Å²) >= 11 is 0. The zero-order valence-electron chi connectivity index (χ0n) is 19.2. The Morgan fingerprint density at radius 3 is 2.76 bits per heavy atom. The molecule has 180 valence electrons. The largest absolute Gasteiger partial charge is 0.378 e. The smallest absolute Gasteiger partial charge is 0.323 e. The van der Waals surface area contributed by atoms with Crippen molar-refractivity contribution in [1.29, 1.82) is 0 Å². The molecule has 4 N–H and O–H groups in total. The Balaban J connectivity index is 1.28. The SMILES string of the molecule is CC(=O)N[C@H]1C(C)(C)[C@@H]2C[C@@H]3[C@@H](CCNS(=O)(=O)c4ccc5[nH]c(=O)[nH]c5c4)OCCC31C2. The van der Waals surface area contributed by atoms with E-state index in [0.717, 1.165) is 19.3 Å². The molecule has 10 heteroatoms. The summed E-state index contributed by atoms with van der Waals surface area (Å²) in [6.45, 7) is 7.00. The summed E-state index contributed by atoms with van der Waals surface area (Å²) in [5.74, 6) is 0.840. The van der Waals surface area contributed by atoms with Crippen LogP contribution in [-0.2, 0) is 19.6 Å². The summed E-state index contributed by atoms with van der Waals surface area (Å²) < 4.78 is 34.5. The van der Waals surface area contributed by atoms with Gasteiger partial charge in [0.15, 0.2) is 0 Å². The van der Waals surface area contributed by atoms with Crippen molar-refractivity contribution in [3.63, 3.8) is 0 Å². The minimum Gasteiger partial charge on any atom is -0.378 e. The van der Waals surface area contributed by atoms with Crippen molar-refractivity contribution in [2.75, 3.05) is 13.2 Å². The Kier molecular flexibility index (Phi) is 5.26. The third-order valence-corrected chi connectivity index (χ3v) is 9.95. The quantitative estimate of drug-likeness (QED) is 0.505. The van der Waals surface area contributed by atoms with Crippen molar-refractivity contribution in [3.05, 3.63) is 28.7 Å². The van der Waals surface area contributed by atoms with Gasteiger partial charge in [0.25, 0.3) is 0 Å². The molecule has 1 aromatic carbocycles. The molecule has 2 saturated carbocycles. The summed E-state index contributed by atoms with van der Waals surface area (Å²) in [4.78, 5) is 28.7. The number of sulfonamides is 1. The highest BCUT2D eigenvalue weighted by atomic mass is 32.2. The molecule has 3 aliphatic rings. The fourth-order valence-corrected chi connectivity index (χ4v) is 8.07. The third kappa shape index (κ3) is 3.63. The number of benzene rings is 1. The van der Waals surface area contributed by atoms with Gasteiger partial charge in [0, 0.05) is 26.1 Å². The number of aromatic amines is 2. The van der Waals surface area contributed by atoms with E-state index in [0.29, 0.717) is 35.9 Å². The Bertz CT molecular complexity index is 1250. The van der Waals surface area contributed by atoms with Crippen molar-refractivity contribution in [1.82, 2.24) is 20.0 Å². The monoisotopic (exact) mass is 476 g/mol. The molecule has 3 fully saturated rings. The minimum absolute atomic E-state index is 0.00490. The second-order valence-corrected chi connectivity index (χ2v) is 12.3. The van der Waals surface area contributed by atoms with Crippen LogP contribution in [0.15, 0.2) is 27.9 Å². The van der Waals surface area contributed by atoms with Crippen LogP contribution in [-0.4, -0.2) is 49.6 Å². The van der Waals surface area contributed by atoms with E-state index in [1.807, 2.05) is 0 Å². The molecule has 1 aromatic heterocycles. The van der Waals surface area contributed by atoms with Crippen molar-refractivity contribution in [2.24, 2.45) is 22.7 Å². The van der Waals surface area contributed by atoms with E-state index < -0.39 is 10.0 Å². The van der Waals surface area contributed by atoms with Crippen LogP contribution in [0.3, 0.4) is 0 Å². The predicted molar refractivity (Wildman–Crippen MR) is 123 cm³/mol. The van der Waals surface area contributed by atoms with Crippen LogP contribution in [0.1, 0.15) is 46.5 Å². The third-order valence-electron chi connectivity index (χ3n) is 8.49. The zero-order valence-corrected chi connectivity index (χ0v) is 20.1. The van der Waals surface area contributed by atoms with Crippen LogP contribution in [0, 0.1) is 22.7 Å². The van der Waals surface area contributed by atoms with Crippen LogP contribution < -0.4 is 15.7 Å².